The molecular formula is C22H21Cl2N5O3. The molecule has 166 valence electrons. The smallest absolute Gasteiger partial charge is 0.325 e. The summed E-state index contributed by atoms with van der Waals surface area (Å²) in [6.07, 6.45) is 3.57. The van der Waals surface area contributed by atoms with Gasteiger partial charge in [0, 0.05) is 22.2 Å². The van der Waals surface area contributed by atoms with Gasteiger partial charge in [0.15, 0.2) is 5.82 Å². The number of aromatic nitrogens is 2. The van der Waals surface area contributed by atoms with Crippen LogP contribution in [-0.4, -0.2) is 35.1 Å². The minimum atomic E-state index is -0.509. The second-order valence-corrected chi connectivity index (χ2v) is 7.60. The lowest BCUT2D eigenvalue weighted by molar-refractivity contribution is 0.0951. The Hall–Kier alpha value is -3.36. The molecule has 0 aliphatic heterocycles. The summed E-state index contributed by atoms with van der Waals surface area (Å²) in [5.41, 5.74) is 1.68. The number of ether oxygens (including phenoxy) is 1. The van der Waals surface area contributed by atoms with Crippen molar-refractivity contribution in [3.63, 3.8) is 0 Å². The van der Waals surface area contributed by atoms with E-state index in [0.717, 1.165) is 5.69 Å². The number of hydrogen-bond acceptors (Lipinski definition) is 5. The Kier molecular flexibility index (Phi) is 8.24. The van der Waals surface area contributed by atoms with Crippen LogP contribution in [0, 0.1) is 6.92 Å². The number of nitrogens with zero attached hydrogens (tertiary/aromatic N) is 2. The lowest BCUT2D eigenvalue weighted by Gasteiger charge is -2.14. The molecule has 0 bridgehead atoms. The van der Waals surface area contributed by atoms with Gasteiger partial charge in [-0.2, -0.15) is 0 Å². The minimum absolute atomic E-state index is 0.189. The number of halogens is 2. The zero-order chi connectivity index (χ0) is 22.9. The lowest BCUT2D eigenvalue weighted by atomic mass is 10.2. The van der Waals surface area contributed by atoms with Crippen molar-refractivity contribution >= 4 is 46.6 Å². The first-order valence-electron chi connectivity index (χ1n) is 9.73. The van der Waals surface area contributed by atoms with Gasteiger partial charge in [0.25, 0.3) is 5.91 Å². The molecule has 10 heteroatoms. The van der Waals surface area contributed by atoms with Crippen LogP contribution in [0.1, 0.15) is 22.5 Å². The molecule has 8 nitrogen and oxygen atoms in total. The zero-order valence-electron chi connectivity index (χ0n) is 17.2. The third kappa shape index (κ3) is 7.11. The van der Waals surface area contributed by atoms with E-state index in [1.165, 1.54) is 6.20 Å². The molecule has 1 heterocycles. The second-order valence-electron chi connectivity index (χ2n) is 6.73. The van der Waals surface area contributed by atoms with Crippen molar-refractivity contribution in [1.29, 1.82) is 0 Å². The van der Waals surface area contributed by atoms with Gasteiger partial charge in [-0.05, 0) is 55.8 Å². The van der Waals surface area contributed by atoms with Crippen molar-refractivity contribution in [3.05, 3.63) is 76.2 Å². The van der Waals surface area contributed by atoms with Crippen molar-refractivity contribution < 1.29 is 14.3 Å². The van der Waals surface area contributed by atoms with Crippen molar-refractivity contribution in [2.75, 3.05) is 23.8 Å². The normalized spacial score (nSPS) is 10.3. The summed E-state index contributed by atoms with van der Waals surface area (Å²) in [6, 6.07) is 11.0. The molecule has 2 aromatic carbocycles. The first-order chi connectivity index (χ1) is 15.4. The Balaban J connectivity index is 1.48. The molecule has 3 amide bonds. The standard InChI is InChI=1S/C22H21Cl2N5O3/c1-14-12-27-20(13-26-14)29-22(31)28-18-11-17(24)7-8-19(18)32-10-2-9-25-21(30)15-3-5-16(23)6-4-15/h3-8,11-13H,2,9-10H2,1H3,(H,25,30)(H2,27,28,29,31). The number of nitrogens with one attached hydrogen (secondary N) is 3. The van der Waals surface area contributed by atoms with E-state index in [1.807, 2.05) is 0 Å². The molecule has 0 unspecified atom stereocenters. The van der Waals surface area contributed by atoms with E-state index in [9.17, 15) is 9.59 Å². The predicted molar refractivity (Wildman–Crippen MR) is 125 cm³/mol. The van der Waals surface area contributed by atoms with Crippen molar-refractivity contribution in [3.8, 4) is 5.75 Å². The van der Waals surface area contributed by atoms with E-state index in [1.54, 1.807) is 55.6 Å². The molecule has 3 rings (SSSR count). The van der Waals surface area contributed by atoms with E-state index in [0.29, 0.717) is 52.4 Å². The monoisotopic (exact) mass is 473 g/mol. The first-order valence-corrected chi connectivity index (χ1v) is 10.5. The van der Waals surface area contributed by atoms with Crippen LogP contribution in [0.2, 0.25) is 10.0 Å². The highest BCUT2D eigenvalue weighted by atomic mass is 35.5. The molecule has 3 N–H and O–H groups in total. The number of carbonyl (C=O) groups is 2. The van der Waals surface area contributed by atoms with Gasteiger partial charge in [0.1, 0.15) is 5.75 Å². The third-order valence-corrected chi connectivity index (χ3v) is 4.67. The summed E-state index contributed by atoms with van der Waals surface area (Å²) in [7, 11) is 0. The maximum absolute atomic E-state index is 12.3. The molecule has 3 aromatic rings. The van der Waals surface area contributed by atoms with Crippen LogP contribution in [-0.2, 0) is 0 Å². The van der Waals surface area contributed by atoms with Gasteiger partial charge in [0.05, 0.1) is 30.4 Å². The fourth-order valence-corrected chi connectivity index (χ4v) is 2.91. The Labute approximate surface area is 195 Å². The predicted octanol–water partition coefficient (Wildman–Crippen LogP) is 4.93. The van der Waals surface area contributed by atoms with Crippen LogP contribution in [0.25, 0.3) is 0 Å². The summed E-state index contributed by atoms with van der Waals surface area (Å²) in [5.74, 6) is 0.573. The van der Waals surface area contributed by atoms with Crippen LogP contribution in [0.3, 0.4) is 0 Å². The average molecular weight is 474 g/mol. The molecule has 0 saturated carbocycles. The van der Waals surface area contributed by atoms with Crippen LogP contribution < -0.4 is 20.7 Å². The summed E-state index contributed by atoms with van der Waals surface area (Å²) >= 11 is 11.9. The molecular weight excluding hydrogens is 453 g/mol. The van der Waals surface area contributed by atoms with Crippen molar-refractivity contribution in [2.24, 2.45) is 0 Å². The van der Waals surface area contributed by atoms with Gasteiger partial charge < -0.3 is 15.4 Å². The lowest BCUT2D eigenvalue weighted by Crippen LogP contribution is -2.25. The van der Waals surface area contributed by atoms with E-state index in [4.69, 9.17) is 27.9 Å². The topological polar surface area (TPSA) is 105 Å². The van der Waals surface area contributed by atoms with Gasteiger partial charge in [-0.1, -0.05) is 23.2 Å². The third-order valence-electron chi connectivity index (χ3n) is 4.18. The van der Waals surface area contributed by atoms with Gasteiger partial charge in [0.2, 0.25) is 0 Å². The van der Waals surface area contributed by atoms with E-state index in [2.05, 4.69) is 25.9 Å². The van der Waals surface area contributed by atoms with E-state index < -0.39 is 6.03 Å². The quantitative estimate of drug-likeness (QED) is 0.402. The average Bonchev–Trinajstić information content (AvgIpc) is 2.77. The number of aryl methyl sites for hydroxylation is 1. The van der Waals surface area contributed by atoms with Crippen LogP contribution >= 0.6 is 23.2 Å². The number of rotatable bonds is 8. The fourth-order valence-electron chi connectivity index (χ4n) is 2.61. The summed E-state index contributed by atoms with van der Waals surface area (Å²) in [4.78, 5) is 32.5. The fraction of sp³-hybridized carbons (Fsp3) is 0.182. The maximum atomic E-state index is 12.3. The Morgan fingerprint density at radius 2 is 1.72 bits per heavy atom. The summed E-state index contributed by atoms with van der Waals surface area (Å²) in [6.45, 7) is 2.54. The number of anilines is 2. The van der Waals surface area contributed by atoms with E-state index >= 15 is 0 Å². The van der Waals surface area contributed by atoms with Gasteiger partial charge >= 0.3 is 6.03 Å². The number of hydrogen-bond donors (Lipinski definition) is 3. The highest BCUT2D eigenvalue weighted by molar-refractivity contribution is 6.31. The van der Waals surface area contributed by atoms with Gasteiger partial charge in [-0.3, -0.25) is 15.1 Å². The number of benzene rings is 2. The maximum Gasteiger partial charge on any atom is 0.325 e. The van der Waals surface area contributed by atoms with Gasteiger partial charge in [-0.15, -0.1) is 0 Å². The molecule has 0 aliphatic rings. The van der Waals surface area contributed by atoms with E-state index in [-0.39, 0.29) is 5.91 Å². The number of carbonyl (C=O) groups excluding carboxylic acids is 2. The summed E-state index contributed by atoms with van der Waals surface area (Å²) < 4.78 is 5.76. The minimum Gasteiger partial charge on any atom is -0.491 e. The van der Waals surface area contributed by atoms with Crippen LogP contribution in [0.4, 0.5) is 16.3 Å². The molecule has 0 spiro atoms. The highest BCUT2D eigenvalue weighted by Crippen LogP contribution is 2.28. The SMILES string of the molecule is Cc1cnc(NC(=O)Nc2cc(Cl)ccc2OCCCNC(=O)c2ccc(Cl)cc2)cn1. The van der Waals surface area contributed by atoms with Gasteiger partial charge in [-0.25, -0.2) is 9.78 Å². The Morgan fingerprint density at radius 3 is 2.44 bits per heavy atom. The largest absolute Gasteiger partial charge is 0.491 e. The van der Waals surface area contributed by atoms with Crippen molar-refractivity contribution in [2.45, 2.75) is 13.3 Å². The molecule has 0 radical (unpaired) electrons. The molecule has 0 saturated heterocycles. The summed E-state index contributed by atoms with van der Waals surface area (Å²) in [5, 5.41) is 9.12. The van der Waals surface area contributed by atoms with Crippen molar-refractivity contribution in [1.82, 2.24) is 15.3 Å². The molecule has 1 aromatic heterocycles. The highest BCUT2D eigenvalue weighted by Gasteiger charge is 2.10. The zero-order valence-corrected chi connectivity index (χ0v) is 18.7. The molecule has 0 aliphatic carbocycles. The molecule has 32 heavy (non-hydrogen) atoms. The first kappa shape index (κ1) is 23.3. The number of urea groups is 1. The van der Waals surface area contributed by atoms with Crippen LogP contribution in [0.5, 0.6) is 5.75 Å². The number of amides is 3. The van der Waals surface area contributed by atoms with Crippen LogP contribution in [0.15, 0.2) is 54.9 Å². The Morgan fingerprint density at radius 1 is 0.969 bits per heavy atom. The molecule has 0 atom stereocenters. The Bertz CT molecular complexity index is 1080. The molecule has 0 fully saturated rings. The second kappa shape index (κ2) is 11.3.